The monoisotopic (exact) mass is 248 g/mol. The number of esters is 1. The Balaban J connectivity index is 2.92. The van der Waals surface area contributed by atoms with Gasteiger partial charge < -0.3 is 9.47 Å². The average Bonchev–Trinajstić information content (AvgIpc) is 2.39. The fourth-order valence-corrected chi connectivity index (χ4v) is 1.44. The quantitative estimate of drug-likeness (QED) is 0.589. The highest BCUT2D eigenvalue weighted by atomic mass is 16.6. The summed E-state index contributed by atoms with van der Waals surface area (Å²) < 4.78 is 10.6. The molecule has 0 unspecified atom stereocenters. The summed E-state index contributed by atoms with van der Waals surface area (Å²) in [7, 11) is 1.56. The Labute approximate surface area is 108 Å². The van der Waals surface area contributed by atoms with Crippen LogP contribution < -0.4 is 9.47 Å². The highest BCUT2D eigenvalue weighted by molar-refractivity contribution is 5.75. The molecular formula is C15H20O3. The fourth-order valence-electron chi connectivity index (χ4n) is 1.44. The van der Waals surface area contributed by atoms with Crippen LogP contribution in [0.5, 0.6) is 11.5 Å². The lowest BCUT2D eigenvalue weighted by atomic mass is 10.1. The van der Waals surface area contributed by atoms with Crippen molar-refractivity contribution < 1.29 is 14.3 Å². The number of ether oxygens (including phenoxy) is 2. The zero-order valence-electron chi connectivity index (χ0n) is 11.4. The number of methoxy groups -OCH3 is 1. The van der Waals surface area contributed by atoms with E-state index in [9.17, 15) is 4.79 Å². The van der Waals surface area contributed by atoms with E-state index in [4.69, 9.17) is 9.47 Å². The first-order valence-corrected chi connectivity index (χ1v) is 6.14. The molecule has 0 aliphatic heterocycles. The van der Waals surface area contributed by atoms with Crippen LogP contribution in [0.3, 0.4) is 0 Å². The molecule has 0 saturated carbocycles. The number of rotatable bonds is 5. The summed E-state index contributed by atoms with van der Waals surface area (Å²) in [6, 6.07) is 5.50. The van der Waals surface area contributed by atoms with Crippen LogP contribution in [0.15, 0.2) is 24.3 Å². The highest BCUT2D eigenvalue weighted by Crippen LogP contribution is 2.29. The second-order valence-electron chi connectivity index (χ2n) is 4.14. The maximum Gasteiger partial charge on any atom is 0.314 e. The molecule has 0 aliphatic carbocycles. The molecule has 0 fully saturated rings. The molecule has 0 radical (unpaired) electrons. The molecule has 1 rings (SSSR count). The van der Waals surface area contributed by atoms with E-state index >= 15 is 0 Å². The van der Waals surface area contributed by atoms with Gasteiger partial charge in [0.1, 0.15) is 0 Å². The van der Waals surface area contributed by atoms with Gasteiger partial charge in [0.2, 0.25) is 0 Å². The van der Waals surface area contributed by atoms with Gasteiger partial charge in [0.15, 0.2) is 11.5 Å². The highest BCUT2D eigenvalue weighted by Gasteiger charge is 2.15. The summed E-state index contributed by atoms with van der Waals surface area (Å²) in [4.78, 5) is 11.7. The Hall–Kier alpha value is -1.77. The van der Waals surface area contributed by atoms with Gasteiger partial charge in [-0.2, -0.15) is 0 Å². The predicted octanol–water partition coefficient (Wildman–Crippen LogP) is 3.68. The van der Waals surface area contributed by atoms with Crippen molar-refractivity contribution in [2.75, 3.05) is 7.11 Å². The van der Waals surface area contributed by atoms with E-state index in [2.05, 4.69) is 0 Å². The van der Waals surface area contributed by atoms with Crippen LogP contribution in [0.1, 0.15) is 32.8 Å². The molecule has 18 heavy (non-hydrogen) atoms. The van der Waals surface area contributed by atoms with Gasteiger partial charge in [0, 0.05) is 0 Å². The lowest BCUT2D eigenvalue weighted by Gasteiger charge is -2.12. The number of allylic oxidation sites excluding steroid dienone is 1. The molecule has 0 bridgehead atoms. The lowest BCUT2D eigenvalue weighted by molar-refractivity contribution is -0.138. The van der Waals surface area contributed by atoms with E-state index in [1.165, 1.54) is 0 Å². The normalized spacial score (nSPS) is 12.4. The zero-order chi connectivity index (χ0) is 13.5. The number of hydrogen-bond donors (Lipinski definition) is 0. The first kappa shape index (κ1) is 14.3. The van der Waals surface area contributed by atoms with Crippen LogP contribution >= 0.6 is 0 Å². The van der Waals surface area contributed by atoms with Gasteiger partial charge in [-0.1, -0.05) is 32.1 Å². The van der Waals surface area contributed by atoms with Crippen LogP contribution in [0, 0.1) is 5.92 Å². The van der Waals surface area contributed by atoms with E-state index < -0.39 is 0 Å². The van der Waals surface area contributed by atoms with E-state index in [1.807, 2.05) is 45.1 Å². The second-order valence-corrected chi connectivity index (χ2v) is 4.14. The number of carbonyl (C=O) groups is 1. The Bertz CT molecular complexity index is 435. The first-order chi connectivity index (χ1) is 8.62. The minimum Gasteiger partial charge on any atom is -0.493 e. The standard InChI is InChI=1S/C15H20O3/c1-5-7-12-8-9-13(14(10-12)17-4)18-15(16)11(3)6-2/h5,7-11H,6H2,1-4H3/b7-5+/t11-/m1/s1. The minimum absolute atomic E-state index is 0.107. The van der Waals surface area contributed by atoms with E-state index in [1.54, 1.807) is 13.2 Å². The number of hydrogen-bond acceptors (Lipinski definition) is 3. The van der Waals surface area contributed by atoms with E-state index in [0.717, 1.165) is 12.0 Å². The first-order valence-electron chi connectivity index (χ1n) is 6.14. The third kappa shape index (κ3) is 3.62. The van der Waals surface area contributed by atoms with Crippen molar-refractivity contribution >= 4 is 12.0 Å². The SMILES string of the molecule is C/C=C/c1ccc(OC(=O)[C@H](C)CC)c(OC)c1. The third-order valence-corrected chi connectivity index (χ3v) is 2.77. The molecule has 0 saturated heterocycles. The smallest absolute Gasteiger partial charge is 0.314 e. The molecule has 0 heterocycles. The molecule has 98 valence electrons. The molecule has 3 heteroatoms. The topological polar surface area (TPSA) is 35.5 Å². The minimum atomic E-state index is -0.227. The van der Waals surface area contributed by atoms with Crippen molar-refractivity contribution in [3.63, 3.8) is 0 Å². The van der Waals surface area contributed by atoms with Crippen molar-refractivity contribution in [2.45, 2.75) is 27.2 Å². The van der Waals surface area contributed by atoms with Gasteiger partial charge in [-0.3, -0.25) is 4.79 Å². The molecule has 0 aliphatic rings. The van der Waals surface area contributed by atoms with Gasteiger partial charge in [0.25, 0.3) is 0 Å². The molecule has 3 nitrogen and oxygen atoms in total. The van der Waals surface area contributed by atoms with Gasteiger partial charge in [-0.05, 0) is 31.0 Å². The average molecular weight is 248 g/mol. The van der Waals surface area contributed by atoms with Crippen molar-refractivity contribution in [3.05, 3.63) is 29.8 Å². The lowest BCUT2D eigenvalue weighted by Crippen LogP contribution is -2.17. The van der Waals surface area contributed by atoms with Crippen molar-refractivity contribution in [1.82, 2.24) is 0 Å². The maximum absolute atomic E-state index is 11.7. The summed E-state index contributed by atoms with van der Waals surface area (Å²) in [6.07, 6.45) is 4.67. The number of carbonyl (C=O) groups excluding carboxylic acids is 1. The largest absolute Gasteiger partial charge is 0.493 e. The molecule has 0 spiro atoms. The van der Waals surface area contributed by atoms with Crippen molar-refractivity contribution in [2.24, 2.45) is 5.92 Å². The summed E-state index contributed by atoms with van der Waals surface area (Å²) in [5.74, 6) is 0.706. The predicted molar refractivity (Wildman–Crippen MR) is 72.8 cm³/mol. The molecular weight excluding hydrogens is 228 g/mol. The summed E-state index contributed by atoms with van der Waals surface area (Å²) >= 11 is 0. The molecule has 1 aromatic carbocycles. The van der Waals surface area contributed by atoms with Crippen LogP contribution in [-0.4, -0.2) is 13.1 Å². The Morgan fingerprint density at radius 3 is 2.67 bits per heavy atom. The van der Waals surface area contributed by atoms with Crippen molar-refractivity contribution in [3.8, 4) is 11.5 Å². The summed E-state index contributed by atoms with van der Waals surface area (Å²) in [5.41, 5.74) is 1.01. The molecule has 0 N–H and O–H groups in total. The van der Waals surface area contributed by atoms with Crippen LogP contribution in [-0.2, 0) is 4.79 Å². The molecule has 0 aromatic heterocycles. The summed E-state index contributed by atoms with van der Waals surface area (Å²) in [6.45, 7) is 5.75. The molecule has 0 amide bonds. The van der Waals surface area contributed by atoms with E-state index in [-0.39, 0.29) is 11.9 Å². The van der Waals surface area contributed by atoms with Gasteiger partial charge in [-0.25, -0.2) is 0 Å². The van der Waals surface area contributed by atoms with Gasteiger partial charge in [-0.15, -0.1) is 0 Å². The summed E-state index contributed by atoms with van der Waals surface area (Å²) in [5, 5.41) is 0. The fraction of sp³-hybridized carbons (Fsp3) is 0.400. The van der Waals surface area contributed by atoms with Crippen LogP contribution in [0.4, 0.5) is 0 Å². The third-order valence-electron chi connectivity index (χ3n) is 2.77. The Morgan fingerprint density at radius 2 is 2.11 bits per heavy atom. The zero-order valence-corrected chi connectivity index (χ0v) is 11.4. The van der Waals surface area contributed by atoms with Gasteiger partial charge >= 0.3 is 5.97 Å². The van der Waals surface area contributed by atoms with E-state index in [0.29, 0.717) is 11.5 Å². The Kier molecular flexibility index (Phi) is 5.43. The maximum atomic E-state index is 11.7. The van der Waals surface area contributed by atoms with Crippen LogP contribution in [0.2, 0.25) is 0 Å². The second kappa shape index (κ2) is 6.84. The van der Waals surface area contributed by atoms with Gasteiger partial charge in [0.05, 0.1) is 13.0 Å². The number of benzene rings is 1. The van der Waals surface area contributed by atoms with Crippen LogP contribution in [0.25, 0.3) is 6.08 Å². The van der Waals surface area contributed by atoms with Crippen molar-refractivity contribution in [1.29, 1.82) is 0 Å². The molecule has 1 atom stereocenters. The molecule has 1 aromatic rings. The Morgan fingerprint density at radius 1 is 1.39 bits per heavy atom.